The van der Waals surface area contributed by atoms with Crippen molar-refractivity contribution in [2.45, 2.75) is 63.6 Å². The third-order valence-electron chi connectivity index (χ3n) is 6.34. The van der Waals surface area contributed by atoms with Gasteiger partial charge in [-0.1, -0.05) is 45.4 Å². The maximum Gasteiger partial charge on any atom is 0.283 e. The van der Waals surface area contributed by atoms with Crippen LogP contribution >= 0.6 is 11.6 Å². The summed E-state index contributed by atoms with van der Waals surface area (Å²) in [5, 5.41) is 3.55. The fourth-order valence-electron chi connectivity index (χ4n) is 4.46. The van der Waals surface area contributed by atoms with Gasteiger partial charge in [-0.25, -0.2) is 23.2 Å². The van der Waals surface area contributed by atoms with E-state index in [1.807, 2.05) is 18.6 Å². The van der Waals surface area contributed by atoms with E-state index in [0.29, 0.717) is 12.2 Å². The maximum absolute atomic E-state index is 15.9. The van der Waals surface area contributed by atoms with E-state index in [9.17, 15) is 17.6 Å². The minimum Gasteiger partial charge on any atom is -0.475 e. The third kappa shape index (κ3) is 5.92. The highest BCUT2D eigenvalue weighted by atomic mass is 35.5. The van der Waals surface area contributed by atoms with E-state index in [2.05, 4.69) is 10.1 Å². The SMILES string of the molecule is COC1COc2cc(S(=O)(=O)NC(=O)Cc3c(C(C)C)nc(-c4ccc(Cl)c(F)c4)c(F)c3C(C)C)nn2C1. The number of aromatic nitrogens is 3. The number of nitrogens with one attached hydrogen (secondary N) is 1. The number of methoxy groups -OCH3 is 1. The molecule has 0 spiro atoms. The Morgan fingerprint density at radius 1 is 1.23 bits per heavy atom. The molecule has 1 aliphatic heterocycles. The van der Waals surface area contributed by atoms with Crippen LogP contribution in [0.1, 0.15) is 56.4 Å². The molecule has 0 saturated heterocycles. The van der Waals surface area contributed by atoms with Gasteiger partial charge >= 0.3 is 0 Å². The molecule has 0 aliphatic carbocycles. The van der Waals surface area contributed by atoms with Crippen molar-refractivity contribution in [3.8, 4) is 17.1 Å². The van der Waals surface area contributed by atoms with Crippen LogP contribution in [-0.4, -0.2) is 48.9 Å². The summed E-state index contributed by atoms with van der Waals surface area (Å²) in [7, 11) is -2.85. The lowest BCUT2D eigenvalue weighted by atomic mass is 9.88. The number of amides is 1. The molecule has 0 radical (unpaired) electrons. The zero-order valence-electron chi connectivity index (χ0n) is 22.1. The molecule has 210 valence electrons. The summed E-state index contributed by atoms with van der Waals surface area (Å²) >= 11 is 5.79. The van der Waals surface area contributed by atoms with Crippen molar-refractivity contribution >= 4 is 27.5 Å². The van der Waals surface area contributed by atoms with Gasteiger partial charge in [-0.05, 0) is 35.1 Å². The van der Waals surface area contributed by atoms with Crippen LogP contribution in [0, 0.1) is 11.6 Å². The number of carbonyl (C=O) groups excluding carboxylic acids is 1. The fourth-order valence-corrected chi connectivity index (χ4v) is 5.51. The number of halogens is 3. The second-order valence-electron chi connectivity index (χ2n) is 9.87. The standard InChI is InChI=1S/C26H29ClF2N4O5S/c1-13(2)23-17(25(14(3)4)30-26(24(23)29)15-6-7-18(27)19(28)8-15)9-20(34)32-39(35,36)21-10-22-33(31-21)11-16(37-5)12-38-22/h6-8,10,13-14,16H,9,11-12H2,1-5H3,(H,32,34). The number of pyridine rings is 1. The van der Waals surface area contributed by atoms with E-state index in [-0.39, 0.29) is 56.9 Å². The van der Waals surface area contributed by atoms with Crippen LogP contribution in [0.25, 0.3) is 11.3 Å². The summed E-state index contributed by atoms with van der Waals surface area (Å²) in [6.07, 6.45) is -0.740. The molecule has 9 nitrogen and oxygen atoms in total. The summed E-state index contributed by atoms with van der Waals surface area (Å²) in [5.74, 6) is -2.73. The molecule has 39 heavy (non-hydrogen) atoms. The quantitative estimate of drug-likeness (QED) is 0.414. The highest BCUT2D eigenvalue weighted by Gasteiger charge is 2.30. The normalized spacial score (nSPS) is 15.4. The van der Waals surface area contributed by atoms with Crippen molar-refractivity contribution in [1.82, 2.24) is 19.5 Å². The first-order chi connectivity index (χ1) is 18.3. The van der Waals surface area contributed by atoms with E-state index in [1.165, 1.54) is 30.0 Å². The Balaban J connectivity index is 1.68. The number of hydrogen-bond donors (Lipinski definition) is 1. The van der Waals surface area contributed by atoms with Crippen LogP contribution in [0.4, 0.5) is 8.78 Å². The highest BCUT2D eigenvalue weighted by molar-refractivity contribution is 7.90. The zero-order valence-corrected chi connectivity index (χ0v) is 23.7. The monoisotopic (exact) mass is 582 g/mol. The van der Waals surface area contributed by atoms with E-state index in [0.717, 1.165) is 6.07 Å². The fraction of sp³-hybridized carbons (Fsp3) is 0.423. The lowest BCUT2D eigenvalue weighted by Gasteiger charge is -2.22. The molecule has 1 aromatic carbocycles. The molecular formula is C26H29ClF2N4O5S. The number of hydrogen-bond acceptors (Lipinski definition) is 7. The Hall–Kier alpha value is -3.09. The van der Waals surface area contributed by atoms with Gasteiger partial charge in [-0.3, -0.25) is 4.79 Å². The van der Waals surface area contributed by atoms with Gasteiger partial charge in [-0.2, -0.15) is 13.5 Å². The Kier molecular flexibility index (Phi) is 8.29. The van der Waals surface area contributed by atoms with Crippen molar-refractivity contribution in [3.63, 3.8) is 0 Å². The summed E-state index contributed by atoms with van der Waals surface area (Å²) in [5.41, 5.74) is 0.988. The number of fused-ring (bicyclic) bond motifs is 1. The predicted molar refractivity (Wildman–Crippen MR) is 140 cm³/mol. The topological polar surface area (TPSA) is 112 Å². The van der Waals surface area contributed by atoms with E-state index < -0.39 is 39.9 Å². The van der Waals surface area contributed by atoms with Crippen LogP contribution in [0.5, 0.6) is 5.88 Å². The minimum atomic E-state index is -4.35. The molecule has 4 rings (SSSR count). The molecule has 0 bridgehead atoms. The number of nitrogens with zero attached hydrogens (tertiary/aromatic N) is 3. The van der Waals surface area contributed by atoms with Gasteiger partial charge in [0.25, 0.3) is 10.0 Å². The molecular weight excluding hydrogens is 554 g/mol. The second kappa shape index (κ2) is 11.2. The van der Waals surface area contributed by atoms with Crippen molar-refractivity contribution < 1.29 is 31.5 Å². The Morgan fingerprint density at radius 2 is 1.95 bits per heavy atom. The van der Waals surface area contributed by atoms with Gasteiger partial charge in [0.2, 0.25) is 16.8 Å². The summed E-state index contributed by atoms with van der Waals surface area (Å²) in [4.78, 5) is 17.5. The average molecular weight is 583 g/mol. The Morgan fingerprint density at radius 3 is 2.56 bits per heavy atom. The van der Waals surface area contributed by atoms with E-state index in [4.69, 9.17) is 21.1 Å². The average Bonchev–Trinajstić information content (AvgIpc) is 3.29. The molecule has 2 aromatic heterocycles. The van der Waals surface area contributed by atoms with Crippen molar-refractivity contribution in [3.05, 3.63) is 57.7 Å². The molecule has 1 unspecified atom stereocenters. The van der Waals surface area contributed by atoms with Gasteiger partial charge in [0.15, 0.2) is 5.82 Å². The Labute approximate surface area is 230 Å². The van der Waals surface area contributed by atoms with Crippen LogP contribution in [-0.2, 0) is 32.5 Å². The third-order valence-corrected chi connectivity index (χ3v) is 7.89. The molecule has 13 heteroatoms. The largest absolute Gasteiger partial charge is 0.475 e. The Bertz CT molecular complexity index is 1520. The number of sulfonamides is 1. The maximum atomic E-state index is 15.9. The van der Waals surface area contributed by atoms with Crippen molar-refractivity contribution in [1.29, 1.82) is 0 Å². The summed E-state index contributed by atoms with van der Waals surface area (Å²) < 4.78 is 70.1. The first-order valence-electron chi connectivity index (χ1n) is 12.3. The lowest BCUT2D eigenvalue weighted by molar-refractivity contribution is -0.118. The van der Waals surface area contributed by atoms with Crippen LogP contribution in [0.15, 0.2) is 29.3 Å². The molecule has 3 aromatic rings. The van der Waals surface area contributed by atoms with Crippen molar-refractivity contribution in [2.75, 3.05) is 13.7 Å². The number of benzene rings is 1. The number of carbonyl (C=O) groups is 1. The molecule has 1 amide bonds. The molecule has 0 fully saturated rings. The minimum absolute atomic E-state index is 0.0762. The lowest BCUT2D eigenvalue weighted by Crippen LogP contribution is -2.33. The molecule has 3 heterocycles. The van der Waals surface area contributed by atoms with Gasteiger partial charge in [0.1, 0.15) is 24.2 Å². The first kappa shape index (κ1) is 28.9. The van der Waals surface area contributed by atoms with Crippen LogP contribution in [0.2, 0.25) is 5.02 Å². The molecule has 0 saturated carbocycles. The van der Waals surface area contributed by atoms with Gasteiger partial charge in [-0.15, -0.1) is 0 Å². The van der Waals surface area contributed by atoms with Gasteiger partial charge in [0.05, 0.1) is 18.0 Å². The first-order valence-corrected chi connectivity index (χ1v) is 14.1. The van der Waals surface area contributed by atoms with E-state index >= 15 is 4.39 Å². The van der Waals surface area contributed by atoms with Gasteiger partial charge < -0.3 is 9.47 Å². The number of rotatable bonds is 8. The second-order valence-corrected chi connectivity index (χ2v) is 11.9. The van der Waals surface area contributed by atoms with Gasteiger partial charge in [0, 0.05) is 24.4 Å². The summed E-state index contributed by atoms with van der Waals surface area (Å²) in [6.45, 7) is 7.65. The van der Waals surface area contributed by atoms with Crippen LogP contribution in [0.3, 0.4) is 0 Å². The molecule has 1 aliphatic rings. The molecule has 1 atom stereocenters. The van der Waals surface area contributed by atoms with E-state index in [1.54, 1.807) is 13.8 Å². The zero-order chi connectivity index (χ0) is 28.6. The molecule has 1 N–H and O–H groups in total. The smallest absolute Gasteiger partial charge is 0.283 e. The summed E-state index contributed by atoms with van der Waals surface area (Å²) in [6, 6.07) is 5.11. The predicted octanol–water partition coefficient (Wildman–Crippen LogP) is 4.58. The highest BCUT2D eigenvalue weighted by Crippen LogP contribution is 2.35. The van der Waals surface area contributed by atoms with Crippen molar-refractivity contribution in [2.24, 2.45) is 0 Å². The number of ether oxygens (including phenoxy) is 2. The van der Waals surface area contributed by atoms with Crippen LogP contribution < -0.4 is 9.46 Å².